The fourth-order valence-corrected chi connectivity index (χ4v) is 2.99. The molecular weight excluding hydrogens is 238 g/mol. The minimum absolute atomic E-state index is 0.360. The molecule has 0 aromatic rings. The Morgan fingerprint density at radius 3 is 2.32 bits per heavy atom. The van der Waals surface area contributed by atoms with Crippen LogP contribution < -0.4 is 11.5 Å². The average molecular weight is 263 g/mol. The third-order valence-corrected chi connectivity index (χ3v) is 4.59. The molecule has 4 heteroatoms. The molecule has 0 unspecified atom stereocenters. The summed E-state index contributed by atoms with van der Waals surface area (Å²) in [5.74, 6) is 1.17. The Labute approximate surface area is 115 Å². The summed E-state index contributed by atoms with van der Waals surface area (Å²) in [6.45, 7) is 1.71. The van der Waals surface area contributed by atoms with Gasteiger partial charge in [-0.2, -0.15) is 0 Å². The summed E-state index contributed by atoms with van der Waals surface area (Å²) in [5, 5.41) is 0. The van der Waals surface area contributed by atoms with Gasteiger partial charge < -0.3 is 16.2 Å². The second-order valence-electron chi connectivity index (χ2n) is 6.24. The zero-order valence-electron chi connectivity index (χ0n) is 11.6. The van der Waals surface area contributed by atoms with Crippen LogP contribution in [-0.4, -0.2) is 31.5 Å². The van der Waals surface area contributed by atoms with Gasteiger partial charge in [0.1, 0.15) is 0 Å². The van der Waals surface area contributed by atoms with Gasteiger partial charge in [0.05, 0.1) is 6.04 Å². The monoisotopic (exact) mass is 263 g/mol. The van der Waals surface area contributed by atoms with Crippen LogP contribution in [0.4, 0.5) is 0 Å². The molecule has 106 valence electrons. The number of ether oxygens (including phenoxy) is 1. The minimum atomic E-state index is 0.360. The van der Waals surface area contributed by atoms with Gasteiger partial charge >= 0.3 is 0 Å². The van der Waals surface area contributed by atoms with Crippen LogP contribution in [0.25, 0.3) is 0 Å². The molecule has 4 nitrogen and oxygen atoms in total. The SMILES string of the molecule is NC(=C(C=NC1CC(N)C1)C1CCOCC1)C1CC1. The van der Waals surface area contributed by atoms with Crippen LogP contribution in [0.2, 0.25) is 0 Å². The summed E-state index contributed by atoms with van der Waals surface area (Å²) < 4.78 is 5.45. The third kappa shape index (κ3) is 3.18. The summed E-state index contributed by atoms with van der Waals surface area (Å²) in [6.07, 6.45) is 8.79. The Balaban J connectivity index is 1.70. The van der Waals surface area contributed by atoms with Crippen molar-refractivity contribution in [3.05, 3.63) is 11.3 Å². The highest BCUT2D eigenvalue weighted by molar-refractivity contribution is 5.80. The number of hydrogen-bond donors (Lipinski definition) is 2. The predicted octanol–water partition coefficient (Wildman–Crippen LogP) is 1.60. The molecule has 0 spiro atoms. The summed E-state index contributed by atoms with van der Waals surface area (Å²) in [7, 11) is 0. The van der Waals surface area contributed by atoms with E-state index in [0.29, 0.717) is 23.9 Å². The molecular formula is C15H25N3O. The third-order valence-electron chi connectivity index (χ3n) is 4.59. The van der Waals surface area contributed by atoms with Gasteiger partial charge in [-0.05, 0) is 55.9 Å². The van der Waals surface area contributed by atoms with Crippen LogP contribution in [0.1, 0.15) is 38.5 Å². The van der Waals surface area contributed by atoms with E-state index >= 15 is 0 Å². The van der Waals surface area contributed by atoms with E-state index in [4.69, 9.17) is 21.2 Å². The maximum Gasteiger partial charge on any atom is 0.0529 e. The summed E-state index contributed by atoms with van der Waals surface area (Å²) in [6, 6.07) is 0.787. The molecule has 2 saturated carbocycles. The Hall–Kier alpha value is -0.870. The van der Waals surface area contributed by atoms with Gasteiger partial charge in [0.2, 0.25) is 0 Å². The van der Waals surface area contributed by atoms with Gasteiger partial charge in [0.15, 0.2) is 0 Å². The minimum Gasteiger partial charge on any atom is -0.402 e. The van der Waals surface area contributed by atoms with Crippen molar-refractivity contribution >= 4 is 6.21 Å². The molecule has 3 rings (SSSR count). The lowest BCUT2D eigenvalue weighted by Crippen LogP contribution is -2.39. The molecule has 0 aromatic carbocycles. The van der Waals surface area contributed by atoms with E-state index in [1.807, 2.05) is 0 Å². The Bertz CT molecular complexity index is 375. The van der Waals surface area contributed by atoms with Crippen LogP contribution in [0.3, 0.4) is 0 Å². The molecule has 4 N–H and O–H groups in total. The first-order valence-corrected chi connectivity index (χ1v) is 7.60. The largest absolute Gasteiger partial charge is 0.402 e. The molecule has 0 atom stereocenters. The molecule has 19 heavy (non-hydrogen) atoms. The first-order chi connectivity index (χ1) is 9.24. The summed E-state index contributed by atoms with van der Waals surface area (Å²) in [4.78, 5) is 4.70. The molecule has 1 saturated heterocycles. The van der Waals surface area contributed by atoms with Gasteiger partial charge in [0, 0.05) is 31.2 Å². The Kier molecular flexibility index (Phi) is 3.89. The van der Waals surface area contributed by atoms with E-state index in [0.717, 1.165) is 44.6 Å². The van der Waals surface area contributed by atoms with Crippen molar-refractivity contribution in [3.8, 4) is 0 Å². The lowest BCUT2D eigenvalue weighted by molar-refractivity contribution is 0.0769. The van der Waals surface area contributed by atoms with Crippen LogP contribution in [0.15, 0.2) is 16.3 Å². The maximum atomic E-state index is 6.35. The number of hydrogen-bond acceptors (Lipinski definition) is 4. The second kappa shape index (κ2) is 5.63. The van der Waals surface area contributed by atoms with Crippen LogP contribution in [0, 0.1) is 11.8 Å². The maximum absolute atomic E-state index is 6.35. The van der Waals surface area contributed by atoms with Crippen molar-refractivity contribution in [3.63, 3.8) is 0 Å². The van der Waals surface area contributed by atoms with Crippen LogP contribution >= 0.6 is 0 Å². The Morgan fingerprint density at radius 1 is 1.05 bits per heavy atom. The zero-order valence-corrected chi connectivity index (χ0v) is 11.6. The van der Waals surface area contributed by atoms with E-state index in [9.17, 15) is 0 Å². The van der Waals surface area contributed by atoms with Crippen molar-refractivity contribution in [2.45, 2.75) is 50.6 Å². The average Bonchev–Trinajstić information content (AvgIpc) is 3.22. The van der Waals surface area contributed by atoms with Gasteiger partial charge in [-0.3, -0.25) is 4.99 Å². The summed E-state index contributed by atoms with van der Waals surface area (Å²) >= 11 is 0. The van der Waals surface area contributed by atoms with E-state index in [2.05, 4.69) is 6.21 Å². The van der Waals surface area contributed by atoms with Crippen molar-refractivity contribution in [2.75, 3.05) is 13.2 Å². The van der Waals surface area contributed by atoms with E-state index in [-0.39, 0.29) is 0 Å². The molecule has 3 fully saturated rings. The van der Waals surface area contributed by atoms with Gasteiger partial charge in [-0.1, -0.05) is 0 Å². The molecule has 2 aliphatic carbocycles. The van der Waals surface area contributed by atoms with Crippen molar-refractivity contribution in [1.29, 1.82) is 0 Å². The lowest BCUT2D eigenvalue weighted by atomic mass is 9.87. The highest BCUT2D eigenvalue weighted by Gasteiger charge is 2.30. The molecule has 0 bridgehead atoms. The standard InChI is InChI=1S/C15H25N3O/c16-12-7-13(8-12)18-9-14(15(17)11-1-2-11)10-3-5-19-6-4-10/h9-13H,1-8,16-17H2. The van der Waals surface area contributed by atoms with Crippen molar-refractivity contribution in [1.82, 2.24) is 0 Å². The highest BCUT2D eigenvalue weighted by atomic mass is 16.5. The number of rotatable bonds is 4. The molecule has 0 radical (unpaired) electrons. The second-order valence-corrected chi connectivity index (χ2v) is 6.24. The van der Waals surface area contributed by atoms with Crippen molar-refractivity contribution < 1.29 is 4.74 Å². The van der Waals surface area contributed by atoms with Crippen LogP contribution in [-0.2, 0) is 4.74 Å². The molecule has 1 aliphatic heterocycles. The highest BCUT2D eigenvalue weighted by Crippen LogP contribution is 2.38. The van der Waals surface area contributed by atoms with Crippen LogP contribution in [0.5, 0.6) is 0 Å². The van der Waals surface area contributed by atoms with E-state index in [1.54, 1.807) is 0 Å². The first kappa shape index (κ1) is 13.1. The fourth-order valence-electron chi connectivity index (χ4n) is 2.99. The van der Waals surface area contributed by atoms with E-state index < -0.39 is 0 Å². The molecule has 0 aromatic heterocycles. The quantitative estimate of drug-likeness (QED) is 0.757. The number of aliphatic imine (C=N–C) groups is 1. The number of nitrogens with two attached hydrogens (primary N) is 2. The fraction of sp³-hybridized carbons (Fsp3) is 0.800. The normalized spacial score (nSPS) is 34.2. The number of nitrogens with zero attached hydrogens (tertiary/aromatic N) is 1. The Morgan fingerprint density at radius 2 is 1.74 bits per heavy atom. The van der Waals surface area contributed by atoms with Gasteiger partial charge in [-0.25, -0.2) is 0 Å². The smallest absolute Gasteiger partial charge is 0.0529 e. The molecule has 0 amide bonds. The number of allylic oxidation sites excluding steroid dienone is 2. The lowest BCUT2D eigenvalue weighted by Gasteiger charge is -2.30. The zero-order chi connectivity index (χ0) is 13.2. The van der Waals surface area contributed by atoms with Gasteiger partial charge in [-0.15, -0.1) is 0 Å². The molecule has 1 heterocycles. The van der Waals surface area contributed by atoms with Crippen molar-refractivity contribution in [2.24, 2.45) is 28.3 Å². The predicted molar refractivity (Wildman–Crippen MR) is 77.0 cm³/mol. The van der Waals surface area contributed by atoms with Gasteiger partial charge in [0.25, 0.3) is 0 Å². The van der Waals surface area contributed by atoms with E-state index in [1.165, 1.54) is 18.4 Å². The first-order valence-electron chi connectivity index (χ1n) is 7.60. The molecule has 3 aliphatic rings. The summed E-state index contributed by atoms with van der Waals surface area (Å²) in [5.41, 5.74) is 14.6. The topological polar surface area (TPSA) is 73.6 Å².